The summed E-state index contributed by atoms with van der Waals surface area (Å²) >= 11 is 1.56. The molecule has 238 valence electrons. The third-order valence-electron chi connectivity index (χ3n) is 7.49. The fraction of sp³-hybridized carbons (Fsp3) is 0.375. The lowest BCUT2D eigenvalue weighted by molar-refractivity contribution is 0.394. The number of hydrogen-bond donors (Lipinski definition) is 2. The van der Waals surface area contributed by atoms with Gasteiger partial charge in [-0.2, -0.15) is 0 Å². The van der Waals surface area contributed by atoms with E-state index in [1.165, 1.54) is 5.56 Å². The second kappa shape index (κ2) is 14.8. The van der Waals surface area contributed by atoms with Crippen LogP contribution in [0.15, 0.2) is 46.7 Å². The topological polar surface area (TPSA) is 130 Å². The minimum absolute atomic E-state index is 0.364. The number of anilines is 4. The van der Waals surface area contributed by atoms with Crippen LogP contribution >= 0.6 is 11.8 Å². The minimum atomic E-state index is -1.21. The molecule has 0 bridgehead atoms. The number of fused-ring (bicyclic) bond motifs is 2. The fourth-order valence-electron chi connectivity index (χ4n) is 5.28. The number of hydrogen-bond acceptors (Lipinski definition) is 12. The first kappa shape index (κ1) is 32.3. The van der Waals surface area contributed by atoms with Crippen LogP contribution in [0.4, 0.5) is 23.0 Å². The van der Waals surface area contributed by atoms with Crippen molar-refractivity contribution in [3.63, 3.8) is 0 Å². The van der Waals surface area contributed by atoms with Crippen molar-refractivity contribution in [1.82, 2.24) is 19.9 Å². The predicted molar refractivity (Wildman–Crippen MR) is 178 cm³/mol. The molecule has 2 aromatic carbocycles. The number of aromatic nitrogens is 4. The van der Waals surface area contributed by atoms with E-state index in [1.54, 1.807) is 46.5 Å². The number of rotatable bonds is 10. The largest absolute Gasteiger partial charge is 0.497 e. The van der Waals surface area contributed by atoms with E-state index in [9.17, 15) is 4.21 Å². The van der Waals surface area contributed by atoms with E-state index in [0.29, 0.717) is 22.5 Å². The molecule has 2 heterocycles. The lowest BCUT2D eigenvalue weighted by atomic mass is 10.2. The monoisotopic (exact) mass is 650 g/mol. The van der Waals surface area contributed by atoms with E-state index in [1.807, 2.05) is 42.7 Å². The quantitative estimate of drug-likeness (QED) is 0.156. The van der Waals surface area contributed by atoms with Crippen molar-refractivity contribution in [3.05, 3.63) is 58.9 Å². The smallest absolute Gasteiger partial charge is 0.220 e. The molecule has 1 unspecified atom stereocenters. The van der Waals surface area contributed by atoms with Gasteiger partial charge in [-0.3, -0.25) is 4.21 Å². The number of aryl methyl sites for hydroxylation is 2. The van der Waals surface area contributed by atoms with Crippen LogP contribution in [0.2, 0.25) is 0 Å². The first-order chi connectivity index (χ1) is 21.8. The van der Waals surface area contributed by atoms with Crippen molar-refractivity contribution < 1.29 is 23.2 Å². The zero-order valence-electron chi connectivity index (χ0n) is 26.4. The summed E-state index contributed by atoms with van der Waals surface area (Å²) < 4.78 is 33.0. The Labute approximate surface area is 270 Å². The molecule has 4 aromatic rings. The Morgan fingerprint density at radius 1 is 0.644 bits per heavy atom. The number of ether oxygens (including phenoxy) is 4. The third-order valence-corrected chi connectivity index (χ3v) is 8.74. The maximum Gasteiger partial charge on any atom is 0.220 e. The molecular weight excluding hydrogens is 613 g/mol. The zero-order valence-corrected chi connectivity index (χ0v) is 28.0. The highest BCUT2D eigenvalue weighted by atomic mass is 32.2. The Balaban J connectivity index is 0.000000178. The fourth-order valence-corrected chi connectivity index (χ4v) is 6.12. The van der Waals surface area contributed by atoms with Crippen LogP contribution in [0.1, 0.15) is 35.4 Å². The number of methoxy groups -OCH3 is 4. The summed E-state index contributed by atoms with van der Waals surface area (Å²) in [5, 5.41) is 7.88. The maximum absolute atomic E-state index is 11.8. The van der Waals surface area contributed by atoms with Gasteiger partial charge in [0.15, 0.2) is 5.16 Å². The van der Waals surface area contributed by atoms with Gasteiger partial charge < -0.3 is 29.6 Å². The second-order valence-electron chi connectivity index (χ2n) is 10.4. The highest BCUT2D eigenvalue weighted by Crippen LogP contribution is 2.34. The van der Waals surface area contributed by atoms with Gasteiger partial charge >= 0.3 is 0 Å². The summed E-state index contributed by atoms with van der Waals surface area (Å²) in [6, 6.07) is 11.3. The van der Waals surface area contributed by atoms with Crippen molar-refractivity contribution in [2.75, 3.05) is 51.6 Å². The molecule has 0 fully saturated rings. The first-order valence-electron chi connectivity index (χ1n) is 14.5. The van der Waals surface area contributed by atoms with E-state index >= 15 is 0 Å². The second-order valence-corrected chi connectivity index (χ2v) is 12.4. The lowest BCUT2D eigenvalue weighted by Crippen LogP contribution is -2.07. The molecule has 2 aliphatic carbocycles. The van der Waals surface area contributed by atoms with E-state index < -0.39 is 10.8 Å². The normalized spacial score (nSPS) is 13.6. The molecule has 2 aliphatic rings. The van der Waals surface area contributed by atoms with Gasteiger partial charge in [0.25, 0.3) is 0 Å². The summed E-state index contributed by atoms with van der Waals surface area (Å²) in [5.41, 5.74) is 6.18. The van der Waals surface area contributed by atoms with Crippen LogP contribution in [0.5, 0.6) is 23.0 Å². The summed E-state index contributed by atoms with van der Waals surface area (Å²) in [5.74, 6) is 4.49. The van der Waals surface area contributed by atoms with Gasteiger partial charge in [0, 0.05) is 65.2 Å². The summed E-state index contributed by atoms with van der Waals surface area (Å²) in [6.45, 7) is 0. The molecule has 0 radical (unpaired) electrons. The Morgan fingerprint density at radius 3 is 1.51 bits per heavy atom. The Morgan fingerprint density at radius 2 is 1.09 bits per heavy atom. The predicted octanol–water partition coefficient (Wildman–Crippen LogP) is 5.91. The van der Waals surface area contributed by atoms with Crippen LogP contribution in [0.25, 0.3) is 0 Å². The van der Waals surface area contributed by atoms with Crippen molar-refractivity contribution in [1.29, 1.82) is 0 Å². The highest BCUT2D eigenvalue weighted by Gasteiger charge is 2.22. The number of nitrogens with zero attached hydrogens (tertiary/aromatic N) is 4. The van der Waals surface area contributed by atoms with E-state index in [-0.39, 0.29) is 0 Å². The standard InChI is InChI=1S/C16H19N3O3S.C16H19N3O2S/c1-21-11-7-10(8-12(9-11)22-2)17-15-13-5-4-6-14(13)18-16(19-15)23(3)20;1-20-11-7-10(8-12(9-11)21-2)17-15-13-5-4-6-14(13)18-16(19-15)22-3/h7-9H,4-6H2,1-3H3,(H,17,18,19);7-9H,4-6H2,1-3H3,(H,17,18,19). The van der Waals surface area contributed by atoms with E-state index in [2.05, 4.69) is 30.6 Å². The van der Waals surface area contributed by atoms with Crippen LogP contribution in [-0.4, -0.2) is 65.1 Å². The molecule has 0 amide bonds. The van der Waals surface area contributed by atoms with Gasteiger partial charge in [0.1, 0.15) is 34.6 Å². The zero-order chi connectivity index (χ0) is 31.9. The molecule has 0 aliphatic heterocycles. The van der Waals surface area contributed by atoms with Crippen molar-refractivity contribution in [2.45, 2.75) is 48.8 Å². The SMILES string of the molecule is COc1cc(Nc2nc(S(C)=O)nc3c2CCC3)cc(OC)c1.COc1cc(Nc2nc(SC)nc3c2CCC3)cc(OC)c1. The summed E-state index contributed by atoms with van der Waals surface area (Å²) in [7, 11) is 5.30. The Bertz CT molecular complexity index is 1660. The number of nitrogens with one attached hydrogen (secondary N) is 2. The van der Waals surface area contributed by atoms with E-state index in [4.69, 9.17) is 18.9 Å². The van der Waals surface area contributed by atoms with Crippen molar-refractivity contribution in [2.24, 2.45) is 0 Å². The summed E-state index contributed by atoms with van der Waals surface area (Å²) in [6.07, 6.45) is 9.64. The van der Waals surface area contributed by atoms with E-state index in [0.717, 1.165) is 89.3 Å². The molecule has 6 rings (SSSR count). The molecule has 45 heavy (non-hydrogen) atoms. The van der Waals surface area contributed by atoms with Gasteiger partial charge in [-0.05, 0) is 44.8 Å². The lowest BCUT2D eigenvalue weighted by Gasteiger charge is -2.13. The molecule has 0 spiro atoms. The average Bonchev–Trinajstić information content (AvgIpc) is 3.74. The molecule has 11 nitrogen and oxygen atoms in total. The molecule has 0 saturated carbocycles. The van der Waals surface area contributed by atoms with Crippen LogP contribution in [0.3, 0.4) is 0 Å². The van der Waals surface area contributed by atoms with Gasteiger partial charge in [-0.15, -0.1) is 0 Å². The molecule has 2 aromatic heterocycles. The Hall–Kier alpha value is -4.10. The van der Waals surface area contributed by atoms with Crippen LogP contribution < -0.4 is 29.6 Å². The first-order valence-corrected chi connectivity index (χ1v) is 17.3. The molecule has 1 atom stereocenters. The maximum atomic E-state index is 11.8. The van der Waals surface area contributed by atoms with Crippen LogP contribution in [0, 0.1) is 0 Å². The summed E-state index contributed by atoms with van der Waals surface area (Å²) in [4.78, 5) is 18.1. The van der Waals surface area contributed by atoms with Crippen LogP contribution in [-0.2, 0) is 36.5 Å². The third kappa shape index (κ3) is 7.77. The van der Waals surface area contributed by atoms with Gasteiger partial charge in [-0.25, -0.2) is 19.9 Å². The Kier molecular flexibility index (Phi) is 10.6. The average molecular weight is 651 g/mol. The minimum Gasteiger partial charge on any atom is -0.497 e. The highest BCUT2D eigenvalue weighted by molar-refractivity contribution is 7.98. The van der Waals surface area contributed by atoms with Gasteiger partial charge in [0.2, 0.25) is 5.16 Å². The molecular formula is C32H38N6O5S2. The van der Waals surface area contributed by atoms with Gasteiger partial charge in [-0.1, -0.05) is 11.8 Å². The molecule has 13 heteroatoms. The van der Waals surface area contributed by atoms with Crippen molar-refractivity contribution in [3.8, 4) is 23.0 Å². The van der Waals surface area contributed by atoms with Gasteiger partial charge in [0.05, 0.1) is 50.6 Å². The molecule has 2 N–H and O–H groups in total. The number of benzene rings is 2. The number of thioether (sulfide) groups is 1. The van der Waals surface area contributed by atoms with Crippen molar-refractivity contribution >= 4 is 45.6 Å². The molecule has 0 saturated heterocycles.